The minimum absolute atomic E-state index is 0.0404. The lowest BCUT2D eigenvalue weighted by Crippen LogP contribution is -2.48. The van der Waals surface area contributed by atoms with Crippen LogP contribution >= 0.6 is 0 Å². The number of fused-ring (bicyclic) bond motifs is 1. The van der Waals surface area contributed by atoms with Crippen LogP contribution in [0.2, 0.25) is 0 Å². The number of pyridine rings is 1. The second-order valence-electron chi connectivity index (χ2n) is 8.92. The summed E-state index contributed by atoms with van der Waals surface area (Å²) >= 11 is 0. The van der Waals surface area contributed by atoms with Crippen LogP contribution < -0.4 is 10.5 Å². The standard InChI is InChI=1S/C23H28N4O4S/c1-23(2,18-8-10-25-11-9-18)22(28)27-12-4-5-16(13-27)14-31-19-7-3-6-17-15-32(29,30)26-21(24)20(17)19/h3,6-11,16H,4-5,12-15H2,1-2H3,(H2,24,26)/t16-/m0/s1. The Morgan fingerprint density at radius 1 is 1.25 bits per heavy atom. The number of ether oxygens (including phenoxy) is 1. The van der Waals surface area contributed by atoms with E-state index in [1.165, 1.54) is 0 Å². The van der Waals surface area contributed by atoms with E-state index in [0.717, 1.165) is 24.9 Å². The third-order valence-electron chi connectivity index (χ3n) is 6.16. The van der Waals surface area contributed by atoms with Crippen molar-refractivity contribution in [3.8, 4) is 5.75 Å². The molecule has 0 bridgehead atoms. The number of likely N-dealkylation sites (tertiary alicyclic amines) is 1. The number of amides is 1. The van der Waals surface area contributed by atoms with Gasteiger partial charge in [-0.2, -0.15) is 0 Å². The molecule has 1 aromatic heterocycles. The molecule has 0 spiro atoms. The van der Waals surface area contributed by atoms with Gasteiger partial charge in [0.25, 0.3) is 10.0 Å². The molecule has 1 saturated heterocycles. The number of nitrogens with zero attached hydrogens (tertiary/aromatic N) is 3. The summed E-state index contributed by atoms with van der Waals surface area (Å²) in [7, 11) is -3.59. The van der Waals surface area contributed by atoms with Gasteiger partial charge < -0.3 is 15.4 Å². The Morgan fingerprint density at radius 2 is 2.00 bits per heavy atom. The SMILES string of the molecule is CC(C)(C(=O)N1CCC[C@H](COc2cccc3c2C(N)=NS(=O)(=O)C3)C1)c1ccncc1. The Kier molecular flexibility index (Phi) is 5.94. The third-order valence-corrected chi connectivity index (χ3v) is 7.31. The first-order valence-corrected chi connectivity index (χ1v) is 12.3. The van der Waals surface area contributed by atoms with Crippen molar-refractivity contribution in [2.45, 2.75) is 37.9 Å². The number of carbonyl (C=O) groups excluding carboxylic acids is 1. The zero-order valence-corrected chi connectivity index (χ0v) is 19.1. The van der Waals surface area contributed by atoms with Crippen molar-refractivity contribution in [1.29, 1.82) is 0 Å². The number of rotatable bonds is 5. The van der Waals surface area contributed by atoms with E-state index in [0.29, 0.717) is 30.0 Å². The first-order chi connectivity index (χ1) is 15.2. The van der Waals surface area contributed by atoms with E-state index < -0.39 is 15.4 Å². The molecule has 2 aliphatic heterocycles. The monoisotopic (exact) mass is 456 g/mol. The van der Waals surface area contributed by atoms with Gasteiger partial charge in [-0.25, -0.2) is 8.42 Å². The highest BCUT2D eigenvalue weighted by molar-refractivity contribution is 7.89. The number of aromatic nitrogens is 1. The molecule has 3 heterocycles. The summed E-state index contributed by atoms with van der Waals surface area (Å²) in [6.07, 6.45) is 5.27. The Hall–Kier alpha value is -2.94. The van der Waals surface area contributed by atoms with Crippen LogP contribution in [0.1, 0.15) is 43.4 Å². The number of benzene rings is 1. The molecule has 170 valence electrons. The average molecular weight is 457 g/mol. The molecule has 8 nitrogen and oxygen atoms in total. The highest BCUT2D eigenvalue weighted by Crippen LogP contribution is 2.31. The molecular weight excluding hydrogens is 428 g/mol. The van der Waals surface area contributed by atoms with E-state index in [9.17, 15) is 13.2 Å². The normalized spacial score (nSPS) is 20.2. The van der Waals surface area contributed by atoms with Crippen LogP contribution in [-0.4, -0.2) is 49.7 Å². The fraction of sp³-hybridized carbons (Fsp3) is 0.435. The molecule has 9 heteroatoms. The minimum Gasteiger partial charge on any atom is -0.492 e. The number of amidine groups is 1. The third kappa shape index (κ3) is 4.48. The highest BCUT2D eigenvalue weighted by Gasteiger charge is 2.36. The molecule has 4 rings (SSSR count). The van der Waals surface area contributed by atoms with Crippen molar-refractivity contribution < 1.29 is 17.9 Å². The summed E-state index contributed by atoms with van der Waals surface area (Å²) in [5.74, 6) is 0.561. The van der Waals surface area contributed by atoms with Crippen molar-refractivity contribution in [1.82, 2.24) is 9.88 Å². The Labute approximate surface area is 188 Å². The summed E-state index contributed by atoms with van der Waals surface area (Å²) < 4.78 is 33.5. The van der Waals surface area contributed by atoms with Crippen molar-refractivity contribution in [2.75, 3.05) is 19.7 Å². The summed E-state index contributed by atoms with van der Waals surface area (Å²) in [6.45, 7) is 5.63. The van der Waals surface area contributed by atoms with Gasteiger partial charge in [-0.1, -0.05) is 12.1 Å². The molecule has 2 aliphatic rings. The maximum absolute atomic E-state index is 13.3. The van der Waals surface area contributed by atoms with Crippen LogP contribution in [0.5, 0.6) is 5.75 Å². The van der Waals surface area contributed by atoms with Gasteiger partial charge in [-0.05, 0) is 56.0 Å². The number of hydrogen-bond acceptors (Lipinski definition) is 6. The Bertz CT molecular complexity index is 1150. The van der Waals surface area contributed by atoms with Gasteiger partial charge in [0.05, 0.1) is 23.3 Å². The zero-order valence-electron chi connectivity index (χ0n) is 18.3. The van der Waals surface area contributed by atoms with Crippen LogP contribution in [0.15, 0.2) is 47.1 Å². The van der Waals surface area contributed by atoms with Crippen LogP contribution in [0.3, 0.4) is 0 Å². The maximum Gasteiger partial charge on any atom is 0.259 e. The number of carbonyl (C=O) groups is 1. The second kappa shape index (κ2) is 8.54. The fourth-order valence-corrected chi connectivity index (χ4v) is 5.50. The van der Waals surface area contributed by atoms with E-state index in [-0.39, 0.29) is 23.4 Å². The van der Waals surface area contributed by atoms with E-state index in [2.05, 4.69) is 9.38 Å². The molecule has 0 saturated carbocycles. The van der Waals surface area contributed by atoms with Crippen molar-refractivity contribution in [3.63, 3.8) is 0 Å². The molecule has 1 aromatic carbocycles. The summed E-state index contributed by atoms with van der Waals surface area (Å²) in [5, 5.41) is 0. The van der Waals surface area contributed by atoms with Gasteiger partial charge in [0, 0.05) is 31.4 Å². The van der Waals surface area contributed by atoms with Crippen molar-refractivity contribution >= 4 is 21.8 Å². The highest BCUT2D eigenvalue weighted by atomic mass is 32.2. The second-order valence-corrected chi connectivity index (χ2v) is 10.6. The first kappa shape index (κ1) is 22.3. The van der Waals surface area contributed by atoms with Crippen molar-refractivity contribution in [2.24, 2.45) is 16.0 Å². The minimum atomic E-state index is -3.59. The molecule has 2 aromatic rings. The number of sulfonamides is 1. The zero-order chi connectivity index (χ0) is 22.9. The predicted octanol–water partition coefficient (Wildman–Crippen LogP) is 2.23. The lowest BCUT2D eigenvalue weighted by Gasteiger charge is -2.37. The van der Waals surface area contributed by atoms with Crippen LogP contribution in [0, 0.1) is 5.92 Å². The Balaban J connectivity index is 1.45. The smallest absolute Gasteiger partial charge is 0.259 e. The fourth-order valence-electron chi connectivity index (χ4n) is 4.41. The van der Waals surface area contributed by atoms with E-state index in [1.807, 2.05) is 30.9 Å². The van der Waals surface area contributed by atoms with Gasteiger partial charge in [-0.3, -0.25) is 9.78 Å². The number of piperidine rings is 1. The quantitative estimate of drug-likeness (QED) is 0.738. The Morgan fingerprint density at radius 3 is 2.75 bits per heavy atom. The van der Waals surface area contributed by atoms with Crippen LogP contribution in [0.25, 0.3) is 0 Å². The lowest BCUT2D eigenvalue weighted by molar-refractivity contribution is -0.138. The van der Waals surface area contributed by atoms with Gasteiger partial charge in [-0.15, -0.1) is 4.40 Å². The molecule has 1 atom stereocenters. The van der Waals surface area contributed by atoms with E-state index in [1.54, 1.807) is 30.6 Å². The molecule has 1 amide bonds. The summed E-state index contributed by atoms with van der Waals surface area (Å²) in [5.41, 5.74) is 7.37. The molecular formula is C23H28N4O4S. The molecule has 32 heavy (non-hydrogen) atoms. The molecule has 1 fully saturated rings. The molecule has 0 unspecified atom stereocenters. The van der Waals surface area contributed by atoms with Crippen molar-refractivity contribution in [3.05, 3.63) is 59.4 Å². The van der Waals surface area contributed by atoms with E-state index in [4.69, 9.17) is 10.5 Å². The topological polar surface area (TPSA) is 115 Å². The number of hydrogen-bond donors (Lipinski definition) is 1. The molecule has 2 N–H and O–H groups in total. The summed E-state index contributed by atoms with van der Waals surface area (Å²) in [6, 6.07) is 9.03. The predicted molar refractivity (Wildman–Crippen MR) is 122 cm³/mol. The van der Waals surface area contributed by atoms with Gasteiger partial charge >= 0.3 is 0 Å². The average Bonchev–Trinajstić information content (AvgIpc) is 2.76. The first-order valence-electron chi connectivity index (χ1n) is 10.7. The van der Waals surface area contributed by atoms with E-state index >= 15 is 0 Å². The van der Waals surface area contributed by atoms with Crippen LogP contribution in [0.4, 0.5) is 0 Å². The molecule has 0 aliphatic carbocycles. The largest absolute Gasteiger partial charge is 0.492 e. The molecule has 0 radical (unpaired) electrons. The van der Waals surface area contributed by atoms with Gasteiger partial charge in [0.2, 0.25) is 5.91 Å². The maximum atomic E-state index is 13.3. The number of nitrogens with two attached hydrogens (primary N) is 1. The van der Waals surface area contributed by atoms with Gasteiger partial charge in [0.15, 0.2) is 0 Å². The summed E-state index contributed by atoms with van der Waals surface area (Å²) in [4.78, 5) is 19.3. The van der Waals surface area contributed by atoms with Gasteiger partial charge in [0.1, 0.15) is 11.6 Å². The lowest BCUT2D eigenvalue weighted by atomic mass is 9.83. The van der Waals surface area contributed by atoms with Crippen LogP contribution in [-0.2, 0) is 26.0 Å².